The third kappa shape index (κ3) is 4.60. The summed E-state index contributed by atoms with van der Waals surface area (Å²) in [6.07, 6.45) is 1.95. The fourth-order valence-electron chi connectivity index (χ4n) is 1.00. The molecular weight excluding hydrogens is 252 g/mol. The molecule has 0 rings (SSSR count). The van der Waals surface area contributed by atoms with Crippen molar-refractivity contribution in [3.63, 3.8) is 0 Å². The van der Waals surface area contributed by atoms with Gasteiger partial charge in [0.15, 0.2) is 5.66 Å². The van der Waals surface area contributed by atoms with Gasteiger partial charge in [-0.2, -0.15) is 24.4 Å². The second-order valence-electron chi connectivity index (χ2n) is 3.24. The van der Waals surface area contributed by atoms with Crippen LogP contribution in [0.5, 0.6) is 0 Å². The van der Waals surface area contributed by atoms with Gasteiger partial charge in [0.25, 0.3) is 0 Å². The summed E-state index contributed by atoms with van der Waals surface area (Å²) in [5.41, 5.74) is 3.89. The minimum Gasteiger partial charge on any atom is -0.480 e. The highest BCUT2D eigenvalue weighted by Crippen LogP contribution is 2.10. The first-order valence-electron chi connectivity index (χ1n) is 4.50. The maximum atomic E-state index is 11.0. The van der Waals surface area contributed by atoms with Gasteiger partial charge in [0, 0.05) is 5.75 Å². The Morgan fingerprint density at radius 1 is 1.56 bits per heavy atom. The zero-order valence-electron chi connectivity index (χ0n) is 8.84. The monoisotopic (exact) mass is 268 g/mol. The molecule has 2 atom stereocenters. The molecule has 0 saturated carbocycles. The molecule has 0 radical (unpaired) electrons. The van der Waals surface area contributed by atoms with Crippen LogP contribution in [0.4, 0.5) is 0 Å². The number of nitrogens with one attached hydrogen (secondary N) is 1. The maximum absolute atomic E-state index is 11.0. The molecule has 5 N–H and O–H groups in total. The summed E-state index contributed by atoms with van der Waals surface area (Å²) in [6, 6.07) is -1.08. The van der Waals surface area contributed by atoms with Gasteiger partial charge in [0.1, 0.15) is 6.04 Å². The largest absolute Gasteiger partial charge is 0.480 e. The van der Waals surface area contributed by atoms with E-state index in [4.69, 9.17) is 15.9 Å². The molecular formula is C8H16N2O4S2. The maximum Gasteiger partial charge on any atom is 0.338 e. The molecule has 0 aliphatic rings. The van der Waals surface area contributed by atoms with Crippen LogP contribution in [0.3, 0.4) is 0 Å². The number of nitrogens with two attached hydrogens (primary N) is 1. The molecule has 0 bridgehead atoms. The number of carboxylic acids is 2. The zero-order chi connectivity index (χ0) is 12.8. The molecule has 8 heteroatoms. The predicted octanol–water partition coefficient (Wildman–Crippen LogP) is -0.548. The lowest BCUT2D eigenvalue weighted by molar-refractivity contribution is -0.147. The zero-order valence-corrected chi connectivity index (χ0v) is 10.6. The van der Waals surface area contributed by atoms with E-state index in [0.29, 0.717) is 5.75 Å². The standard InChI is InChI=1S/C8H16N2O4S2/c1-16-3-2-8(9,7(13)14)10-5(4-15)6(11)12/h5,10,15H,2-4,9H2,1H3,(H,11,12)(H,13,14)/t5-,8-/m0/s1. The van der Waals surface area contributed by atoms with E-state index >= 15 is 0 Å². The molecule has 0 amide bonds. The second kappa shape index (κ2) is 7.00. The Morgan fingerprint density at radius 2 is 2.12 bits per heavy atom. The van der Waals surface area contributed by atoms with Gasteiger partial charge in [-0.25, -0.2) is 4.79 Å². The Balaban J connectivity index is 4.65. The topological polar surface area (TPSA) is 113 Å². The number of thiol groups is 1. The molecule has 16 heavy (non-hydrogen) atoms. The smallest absolute Gasteiger partial charge is 0.338 e. The summed E-state index contributed by atoms with van der Waals surface area (Å²) in [5, 5.41) is 20.2. The van der Waals surface area contributed by atoms with Crippen molar-refractivity contribution in [3.05, 3.63) is 0 Å². The molecule has 0 aliphatic carbocycles. The van der Waals surface area contributed by atoms with Crippen LogP contribution < -0.4 is 11.1 Å². The van der Waals surface area contributed by atoms with Crippen molar-refractivity contribution in [2.24, 2.45) is 5.73 Å². The number of thioether (sulfide) groups is 1. The summed E-state index contributed by atoms with van der Waals surface area (Å²) in [7, 11) is 0. The van der Waals surface area contributed by atoms with E-state index in [2.05, 4.69) is 17.9 Å². The fraction of sp³-hybridized carbons (Fsp3) is 0.750. The molecule has 0 aromatic heterocycles. The van der Waals surface area contributed by atoms with Crippen LogP contribution in [0.25, 0.3) is 0 Å². The first-order chi connectivity index (χ1) is 7.37. The first kappa shape index (κ1) is 15.6. The number of hydrogen-bond donors (Lipinski definition) is 5. The van der Waals surface area contributed by atoms with Crippen LogP contribution in [-0.2, 0) is 9.59 Å². The van der Waals surface area contributed by atoms with Crippen LogP contribution in [0, 0.1) is 0 Å². The number of carbonyl (C=O) groups is 2. The lowest BCUT2D eigenvalue weighted by atomic mass is 10.1. The van der Waals surface area contributed by atoms with E-state index in [1.54, 1.807) is 0 Å². The van der Waals surface area contributed by atoms with Crippen molar-refractivity contribution in [1.29, 1.82) is 0 Å². The van der Waals surface area contributed by atoms with Crippen LogP contribution in [0.2, 0.25) is 0 Å². The highest BCUT2D eigenvalue weighted by atomic mass is 32.2. The number of rotatable bonds is 8. The number of aliphatic carboxylic acids is 2. The summed E-state index contributed by atoms with van der Waals surface area (Å²) in [6.45, 7) is 0. The summed E-state index contributed by atoms with van der Waals surface area (Å²) in [4.78, 5) is 21.7. The van der Waals surface area contributed by atoms with Crippen molar-refractivity contribution in [2.75, 3.05) is 17.8 Å². The highest BCUT2D eigenvalue weighted by molar-refractivity contribution is 7.98. The van der Waals surface area contributed by atoms with Gasteiger partial charge in [0.05, 0.1) is 0 Å². The minimum atomic E-state index is -1.73. The molecule has 0 heterocycles. The molecule has 0 fully saturated rings. The first-order valence-corrected chi connectivity index (χ1v) is 6.52. The molecule has 0 unspecified atom stereocenters. The van der Waals surface area contributed by atoms with Crippen molar-refractivity contribution in [1.82, 2.24) is 5.32 Å². The molecule has 0 aromatic rings. The number of hydrogen-bond acceptors (Lipinski definition) is 6. The molecule has 0 spiro atoms. The van der Waals surface area contributed by atoms with Gasteiger partial charge in [0.2, 0.25) is 0 Å². The summed E-state index contributed by atoms with van der Waals surface area (Å²) >= 11 is 5.27. The van der Waals surface area contributed by atoms with E-state index in [9.17, 15) is 9.59 Å². The van der Waals surface area contributed by atoms with E-state index in [-0.39, 0.29) is 12.2 Å². The normalized spacial score (nSPS) is 16.4. The van der Waals surface area contributed by atoms with Crippen LogP contribution >= 0.6 is 24.4 Å². The summed E-state index contributed by atoms with van der Waals surface area (Å²) in [5.74, 6) is -1.94. The lowest BCUT2D eigenvalue weighted by Crippen LogP contribution is -2.64. The van der Waals surface area contributed by atoms with Gasteiger partial charge in [-0.15, -0.1) is 0 Å². The Bertz CT molecular complexity index is 264. The molecule has 94 valence electrons. The van der Waals surface area contributed by atoms with Crippen molar-refractivity contribution in [2.45, 2.75) is 18.1 Å². The minimum absolute atomic E-state index is 0.0270. The van der Waals surface area contributed by atoms with Crippen molar-refractivity contribution < 1.29 is 19.8 Å². The Labute approximate surface area is 103 Å². The molecule has 0 saturated heterocycles. The van der Waals surface area contributed by atoms with Gasteiger partial charge in [-0.05, 0) is 18.4 Å². The van der Waals surface area contributed by atoms with Crippen molar-refractivity contribution >= 4 is 36.3 Å². The second-order valence-corrected chi connectivity index (χ2v) is 4.59. The van der Waals surface area contributed by atoms with E-state index in [0.717, 1.165) is 0 Å². The Hall–Kier alpha value is -0.440. The molecule has 0 aliphatic heterocycles. The quantitative estimate of drug-likeness (QED) is 0.296. The van der Waals surface area contributed by atoms with Crippen LogP contribution in [0.1, 0.15) is 6.42 Å². The average Bonchev–Trinajstić information content (AvgIpc) is 2.22. The highest BCUT2D eigenvalue weighted by Gasteiger charge is 2.37. The summed E-state index contributed by atoms with van der Waals surface area (Å²) < 4.78 is 0. The van der Waals surface area contributed by atoms with Crippen molar-refractivity contribution in [3.8, 4) is 0 Å². The van der Waals surface area contributed by atoms with Gasteiger partial charge in [-0.3, -0.25) is 10.1 Å². The predicted molar refractivity (Wildman–Crippen MR) is 66.0 cm³/mol. The third-order valence-electron chi connectivity index (χ3n) is 1.99. The van der Waals surface area contributed by atoms with E-state index < -0.39 is 23.6 Å². The third-order valence-corrected chi connectivity index (χ3v) is 2.97. The van der Waals surface area contributed by atoms with Gasteiger partial charge >= 0.3 is 11.9 Å². The van der Waals surface area contributed by atoms with E-state index in [1.807, 2.05) is 6.26 Å². The van der Waals surface area contributed by atoms with Gasteiger partial charge in [-0.1, -0.05) is 0 Å². The van der Waals surface area contributed by atoms with Crippen LogP contribution in [-0.4, -0.2) is 51.6 Å². The fourth-order valence-corrected chi connectivity index (χ4v) is 1.77. The lowest BCUT2D eigenvalue weighted by Gasteiger charge is -2.28. The van der Waals surface area contributed by atoms with Gasteiger partial charge < -0.3 is 15.9 Å². The van der Waals surface area contributed by atoms with E-state index in [1.165, 1.54) is 11.8 Å². The molecule has 6 nitrogen and oxygen atoms in total. The van der Waals surface area contributed by atoms with Crippen LogP contribution in [0.15, 0.2) is 0 Å². The number of carboxylic acid groups (broad SMARTS) is 2. The average molecular weight is 268 g/mol. The SMILES string of the molecule is CSCC[C@](N)(N[C@@H](CS)C(=O)O)C(=O)O. The Kier molecular flexibility index (Phi) is 6.81. The Morgan fingerprint density at radius 3 is 2.44 bits per heavy atom. The molecule has 0 aromatic carbocycles.